The fourth-order valence-corrected chi connectivity index (χ4v) is 2.55. The van der Waals surface area contributed by atoms with Gasteiger partial charge in [-0.05, 0) is 24.5 Å². The molecule has 18 heavy (non-hydrogen) atoms. The molecule has 0 atom stereocenters. The lowest BCUT2D eigenvalue weighted by molar-refractivity contribution is -0.0242. The van der Waals surface area contributed by atoms with Crippen LogP contribution < -0.4 is 5.48 Å². The van der Waals surface area contributed by atoms with E-state index in [1.165, 1.54) is 36.6 Å². The van der Waals surface area contributed by atoms with E-state index in [1.807, 2.05) is 12.3 Å². The Morgan fingerprint density at radius 2 is 2.00 bits per heavy atom. The van der Waals surface area contributed by atoms with Gasteiger partial charge in [0.2, 0.25) is 0 Å². The Kier molecular flexibility index (Phi) is 3.53. The normalized spacial score (nSPS) is 16.4. The van der Waals surface area contributed by atoms with E-state index in [2.05, 4.69) is 34.7 Å². The van der Waals surface area contributed by atoms with Crippen molar-refractivity contribution in [2.24, 2.45) is 0 Å². The first kappa shape index (κ1) is 11.6. The summed E-state index contributed by atoms with van der Waals surface area (Å²) in [4.78, 5) is 10.1. The number of hydrogen-bond acceptors (Lipinski definition) is 3. The third kappa shape index (κ3) is 2.52. The van der Waals surface area contributed by atoms with Gasteiger partial charge in [-0.15, -0.1) is 0 Å². The molecule has 1 fully saturated rings. The highest BCUT2D eigenvalue weighted by Crippen LogP contribution is 2.20. The number of benzene rings is 1. The second-order valence-corrected chi connectivity index (χ2v) is 4.84. The third-order valence-electron chi connectivity index (χ3n) is 3.53. The molecule has 0 bridgehead atoms. The van der Waals surface area contributed by atoms with E-state index in [1.54, 1.807) is 0 Å². The topological polar surface area (TPSA) is 34.2 Å². The summed E-state index contributed by atoms with van der Waals surface area (Å²) in [6.45, 7) is 0.713. The van der Waals surface area contributed by atoms with Gasteiger partial charge < -0.3 is 0 Å². The first-order chi connectivity index (χ1) is 8.93. The van der Waals surface area contributed by atoms with Crippen LogP contribution >= 0.6 is 0 Å². The molecule has 0 spiro atoms. The average Bonchev–Trinajstić information content (AvgIpc) is 2.92. The van der Waals surface area contributed by atoms with Crippen molar-refractivity contribution >= 4 is 10.9 Å². The minimum atomic E-state index is 0.396. The molecule has 3 rings (SSSR count). The fourth-order valence-electron chi connectivity index (χ4n) is 2.55. The van der Waals surface area contributed by atoms with Crippen molar-refractivity contribution in [3.63, 3.8) is 0 Å². The summed E-state index contributed by atoms with van der Waals surface area (Å²) in [5, 5.41) is 1.18. The van der Waals surface area contributed by atoms with Gasteiger partial charge in [-0.2, -0.15) is 5.48 Å². The highest BCUT2D eigenvalue weighted by molar-refractivity contribution is 5.81. The molecule has 1 heterocycles. The molecule has 0 aliphatic heterocycles. The average molecular weight is 242 g/mol. The monoisotopic (exact) mass is 242 g/mol. The van der Waals surface area contributed by atoms with E-state index in [0.29, 0.717) is 12.6 Å². The van der Waals surface area contributed by atoms with Crippen molar-refractivity contribution < 1.29 is 4.84 Å². The Balaban J connectivity index is 1.66. The van der Waals surface area contributed by atoms with Crippen LogP contribution in [0.3, 0.4) is 0 Å². The molecule has 1 aromatic heterocycles. The molecule has 1 saturated carbocycles. The molecular weight excluding hydrogens is 224 g/mol. The highest BCUT2D eigenvalue weighted by Gasteiger charge is 2.15. The maximum Gasteiger partial charge on any atom is 0.0790 e. The number of hydrogen-bond donors (Lipinski definition) is 1. The van der Waals surface area contributed by atoms with Gasteiger partial charge in [-0.1, -0.05) is 37.1 Å². The third-order valence-corrected chi connectivity index (χ3v) is 3.53. The Hall–Kier alpha value is -1.45. The smallest absolute Gasteiger partial charge is 0.0790 e. The lowest BCUT2D eigenvalue weighted by Crippen LogP contribution is -2.21. The van der Waals surface area contributed by atoms with Gasteiger partial charge in [0.05, 0.1) is 11.6 Å². The summed E-state index contributed by atoms with van der Waals surface area (Å²) in [6.07, 6.45) is 7.18. The van der Waals surface area contributed by atoms with Gasteiger partial charge in [0.25, 0.3) is 0 Å². The Morgan fingerprint density at radius 3 is 2.89 bits per heavy atom. The lowest BCUT2D eigenvalue weighted by Gasteiger charge is -2.12. The molecule has 0 saturated heterocycles. The van der Waals surface area contributed by atoms with Crippen molar-refractivity contribution in [1.29, 1.82) is 0 Å². The number of rotatable bonds is 4. The van der Waals surface area contributed by atoms with Crippen LogP contribution in [-0.4, -0.2) is 11.1 Å². The van der Waals surface area contributed by atoms with Gasteiger partial charge in [0.1, 0.15) is 0 Å². The van der Waals surface area contributed by atoms with E-state index in [9.17, 15) is 0 Å². The molecule has 3 nitrogen and oxygen atoms in total. The summed E-state index contributed by atoms with van der Waals surface area (Å²) in [6, 6.07) is 10.3. The van der Waals surface area contributed by atoms with Crippen LogP contribution in [0.4, 0.5) is 0 Å². The Morgan fingerprint density at radius 1 is 1.17 bits per heavy atom. The summed E-state index contributed by atoms with van der Waals surface area (Å²) in [5.41, 5.74) is 5.34. The molecule has 0 radical (unpaired) electrons. The molecule has 1 aliphatic rings. The molecule has 1 aliphatic carbocycles. The van der Waals surface area contributed by atoms with Crippen LogP contribution in [0.1, 0.15) is 31.2 Å². The minimum absolute atomic E-state index is 0.396. The summed E-state index contributed by atoms with van der Waals surface area (Å²) in [7, 11) is 0. The molecule has 2 aromatic rings. The van der Waals surface area contributed by atoms with Crippen molar-refractivity contribution in [3.05, 3.63) is 42.1 Å². The zero-order chi connectivity index (χ0) is 12.2. The van der Waals surface area contributed by atoms with Crippen molar-refractivity contribution in [3.8, 4) is 0 Å². The molecule has 0 amide bonds. The number of hydroxylamine groups is 1. The van der Waals surface area contributed by atoms with Crippen LogP contribution in [0, 0.1) is 0 Å². The largest absolute Gasteiger partial charge is 0.298 e. The van der Waals surface area contributed by atoms with E-state index >= 15 is 0 Å². The van der Waals surface area contributed by atoms with Crippen molar-refractivity contribution in [2.75, 3.05) is 0 Å². The highest BCUT2D eigenvalue weighted by atomic mass is 16.7. The zero-order valence-corrected chi connectivity index (χ0v) is 10.4. The Bertz CT molecular complexity index is 515. The minimum Gasteiger partial charge on any atom is -0.298 e. The molecule has 1 N–H and O–H groups in total. The molecule has 94 valence electrons. The summed E-state index contributed by atoms with van der Waals surface area (Å²) >= 11 is 0. The molecule has 0 unspecified atom stereocenters. The lowest BCUT2D eigenvalue weighted by atomic mass is 10.1. The number of fused-ring (bicyclic) bond motifs is 1. The first-order valence-electron chi connectivity index (χ1n) is 6.64. The summed E-state index contributed by atoms with van der Waals surface area (Å²) < 4.78 is 0. The molecule has 3 heteroatoms. The van der Waals surface area contributed by atoms with Gasteiger partial charge in [-0.3, -0.25) is 9.82 Å². The second kappa shape index (κ2) is 5.46. The van der Waals surface area contributed by atoms with Gasteiger partial charge >= 0.3 is 0 Å². The van der Waals surface area contributed by atoms with E-state index in [0.717, 1.165) is 5.52 Å². The number of aromatic nitrogens is 1. The quantitative estimate of drug-likeness (QED) is 0.836. The zero-order valence-electron chi connectivity index (χ0n) is 10.4. The summed E-state index contributed by atoms with van der Waals surface area (Å²) in [5.74, 6) is 0. The van der Waals surface area contributed by atoms with E-state index in [-0.39, 0.29) is 0 Å². The maximum absolute atomic E-state index is 5.68. The Labute approximate surface area is 107 Å². The van der Waals surface area contributed by atoms with Gasteiger partial charge in [0, 0.05) is 18.1 Å². The predicted octanol–water partition coefficient (Wildman–Crippen LogP) is 3.20. The van der Waals surface area contributed by atoms with Crippen LogP contribution in [0.2, 0.25) is 0 Å². The van der Waals surface area contributed by atoms with Crippen molar-refractivity contribution in [1.82, 2.24) is 10.5 Å². The molecule has 1 aromatic carbocycles. The van der Waals surface area contributed by atoms with Crippen molar-refractivity contribution in [2.45, 2.75) is 38.3 Å². The number of nitrogens with one attached hydrogen (secondary N) is 1. The predicted molar refractivity (Wildman–Crippen MR) is 71.9 cm³/mol. The fraction of sp³-hybridized carbons (Fsp3) is 0.400. The SMILES string of the molecule is c1cnc2c(CNOC3CCCC3)cccc2c1. The number of para-hydroxylation sites is 1. The van der Waals surface area contributed by atoms with Gasteiger partial charge in [0.15, 0.2) is 0 Å². The first-order valence-corrected chi connectivity index (χ1v) is 6.64. The van der Waals surface area contributed by atoms with E-state index < -0.39 is 0 Å². The number of nitrogens with zero attached hydrogens (tertiary/aromatic N) is 1. The number of pyridine rings is 1. The van der Waals surface area contributed by atoms with Crippen LogP contribution in [-0.2, 0) is 11.4 Å². The van der Waals surface area contributed by atoms with E-state index in [4.69, 9.17) is 4.84 Å². The molecular formula is C15H18N2O. The maximum atomic E-state index is 5.68. The van der Waals surface area contributed by atoms with Gasteiger partial charge in [-0.25, -0.2) is 0 Å². The van der Waals surface area contributed by atoms with Crippen LogP contribution in [0.5, 0.6) is 0 Å². The standard InChI is InChI=1S/C15H18N2O/c1-2-9-14(8-1)18-17-11-13-6-3-5-12-7-4-10-16-15(12)13/h3-7,10,14,17H,1-2,8-9,11H2. The van der Waals surface area contributed by atoms with Crippen LogP contribution in [0.15, 0.2) is 36.5 Å². The van der Waals surface area contributed by atoms with Crippen LogP contribution in [0.25, 0.3) is 10.9 Å². The second-order valence-electron chi connectivity index (χ2n) is 4.84.